The van der Waals surface area contributed by atoms with Crippen LogP contribution in [0, 0.1) is 0 Å². The number of nitrogens with zero attached hydrogens (tertiary/aromatic N) is 1. The summed E-state index contributed by atoms with van der Waals surface area (Å²) in [4.78, 5) is 29.6. The van der Waals surface area contributed by atoms with Crippen LogP contribution >= 0.6 is 22.7 Å². The van der Waals surface area contributed by atoms with Crippen LogP contribution in [0.2, 0.25) is 0 Å². The van der Waals surface area contributed by atoms with Crippen LogP contribution in [0.15, 0.2) is 11.4 Å². The largest absolute Gasteiger partial charge is 0.369 e. The van der Waals surface area contributed by atoms with Crippen LogP contribution in [0.4, 0.5) is 5.13 Å². The monoisotopic (exact) mass is 349 g/mol. The maximum Gasteiger partial charge on any atom is 0.267 e. The van der Waals surface area contributed by atoms with Gasteiger partial charge < -0.3 is 5.73 Å². The Morgan fingerprint density at radius 2 is 2.00 bits per heavy atom. The molecule has 0 fully saturated rings. The van der Waals surface area contributed by atoms with Crippen molar-refractivity contribution in [3.8, 4) is 0 Å². The van der Waals surface area contributed by atoms with E-state index in [4.69, 9.17) is 5.73 Å². The molecule has 0 saturated heterocycles. The predicted octanol–water partition coefficient (Wildman–Crippen LogP) is 3.14. The van der Waals surface area contributed by atoms with Gasteiger partial charge in [0, 0.05) is 10.3 Å². The first-order valence-corrected chi connectivity index (χ1v) is 9.47. The summed E-state index contributed by atoms with van der Waals surface area (Å²) in [5, 5.41) is 5.07. The lowest BCUT2D eigenvalue weighted by Crippen LogP contribution is -2.14. The second-order valence-corrected chi connectivity index (χ2v) is 7.71. The number of anilines is 1. The molecule has 0 bridgehead atoms. The summed E-state index contributed by atoms with van der Waals surface area (Å²) >= 11 is 2.90. The smallest absolute Gasteiger partial charge is 0.267 e. The molecular formula is C16H19N3O2S2. The minimum atomic E-state index is -0.425. The van der Waals surface area contributed by atoms with Crippen molar-refractivity contribution in [1.82, 2.24) is 4.98 Å². The van der Waals surface area contributed by atoms with Crippen molar-refractivity contribution >= 4 is 39.6 Å². The highest BCUT2D eigenvalue weighted by molar-refractivity contribution is 7.15. The molecule has 0 atom stereocenters. The number of nitrogens with two attached hydrogens (primary N) is 1. The van der Waals surface area contributed by atoms with E-state index in [1.54, 1.807) is 16.7 Å². The molecule has 2 heterocycles. The average Bonchev–Trinajstić information content (AvgIpc) is 3.05. The van der Waals surface area contributed by atoms with E-state index < -0.39 is 5.91 Å². The van der Waals surface area contributed by atoms with Crippen molar-refractivity contribution < 1.29 is 9.59 Å². The third kappa shape index (κ3) is 4.17. The molecule has 0 aliphatic heterocycles. The third-order valence-electron chi connectivity index (χ3n) is 3.85. The fourth-order valence-electron chi connectivity index (χ4n) is 2.74. The summed E-state index contributed by atoms with van der Waals surface area (Å²) in [5.41, 5.74) is 7.07. The number of carbonyl (C=O) groups is 2. The normalized spacial score (nSPS) is 14.6. The van der Waals surface area contributed by atoms with E-state index in [-0.39, 0.29) is 12.3 Å². The number of aryl methyl sites for hydroxylation is 2. The van der Waals surface area contributed by atoms with E-state index in [1.807, 2.05) is 6.07 Å². The minimum absolute atomic E-state index is 0.0969. The highest BCUT2D eigenvalue weighted by atomic mass is 32.1. The molecule has 3 rings (SSSR count). The maximum absolute atomic E-state index is 12.4. The summed E-state index contributed by atoms with van der Waals surface area (Å²) in [6.45, 7) is 0. The van der Waals surface area contributed by atoms with Gasteiger partial charge in [-0.05, 0) is 37.3 Å². The molecule has 0 saturated carbocycles. The summed E-state index contributed by atoms with van der Waals surface area (Å²) in [7, 11) is 0. The number of aromatic nitrogens is 1. The average molecular weight is 349 g/mol. The highest BCUT2D eigenvalue weighted by Gasteiger charge is 2.17. The van der Waals surface area contributed by atoms with Crippen LogP contribution in [0.3, 0.4) is 0 Å². The first kappa shape index (κ1) is 16.1. The number of hydrogen-bond acceptors (Lipinski definition) is 5. The first-order valence-electron chi connectivity index (χ1n) is 7.77. The van der Waals surface area contributed by atoms with E-state index in [0.29, 0.717) is 10.8 Å². The van der Waals surface area contributed by atoms with Gasteiger partial charge in [-0.1, -0.05) is 12.8 Å². The molecule has 7 heteroatoms. The molecule has 23 heavy (non-hydrogen) atoms. The summed E-state index contributed by atoms with van der Waals surface area (Å²) < 4.78 is 0. The molecule has 0 spiro atoms. The number of primary amides is 1. The van der Waals surface area contributed by atoms with E-state index in [0.717, 1.165) is 17.7 Å². The number of amides is 2. The van der Waals surface area contributed by atoms with Crippen molar-refractivity contribution in [2.75, 3.05) is 5.32 Å². The Kier molecular flexibility index (Phi) is 5.07. The lowest BCUT2D eigenvalue weighted by Gasteiger charge is -2.07. The fourth-order valence-corrected chi connectivity index (χ4v) is 4.59. The first-order chi connectivity index (χ1) is 11.1. The van der Waals surface area contributed by atoms with Crippen LogP contribution in [0.1, 0.15) is 51.5 Å². The van der Waals surface area contributed by atoms with Gasteiger partial charge in [0.1, 0.15) is 0 Å². The van der Waals surface area contributed by atoms with Crippen molar-refractivity contribution in [1.29, 1.82) is 0 Å². The van der Waals surface area contributed by atoms with Crippen LogP contribution in [0.5, 0.6) is 0 Å². The Labute approximate surface area is 142 Å². The van der Waals surface area contributed by atoms with Crippen molar-refractivity contribution in [3.63, 3.8) is 0 Å². The van der Waals surface area contributed by atoms with Crippen LogP contribution < -0.4 is 11.1 Å². The molecule has 5 nitrogen and oxygen atoms in total. The van der Waals surface area contributed by atoms with E-state index in [1.165, 1.54) is 47.5 Å². The number of thiazole rings is 1. The summed E-state index contributed by atoms with van der Waals surface area (Å²) in [5.74, 6) is -0.548. The fraction of sp³-hybridized carbons (Fsp3) is 0.438. The van der Waals surface area contributed by atoms with Crippen LogP contribution in [-0.4, -0.2) is 16.8 Å². The summed E-state index contributed by atoms with van der Waals surface area (Å²) in [6.07, 6.45) is 7.20. The molecular weight excluding hydrogens is 330 g/mol. The van der Waals surface area contributed by atoms with E-state index in [2.05, 4.69) is 10.3 Å². The van der Waals surface area contributed by atoms with Crippen LogP contribution in [-0.2, 0) is 24.1 Å². The Bertz CT molecular complexity index is 695. The molecule has 2 aromatic heterocycles. The molecule has 2 amide bonds. The number of rotatable bonds is 4. The number of fused-ring (bicyclic) bond motifs is 1. The number of carbonyl (C=O) groups excluding carboxylic acids is 2. The summed E-state index contributed by atoms with van der Waals surface area (Å²) in [6, 6.07) is 2.03. The third-order valence-corrected chi connectivity index (χ3v) is 5.89. The zero-order valence-corrected chi connectivity index (χ0v) is 14.4. The van der Waals surface area contributed by atoms with Crippen molar-refractivity contribution in [2.24, 2.45) is 5.73 Å². The zero-order chi connectivity index (χ0) is 16.2. The second-order valence-electron chi connectivity index (χ2n) is 5.71. The van der Waals surface area contributed by atoms with Crippen molar-refractivity contribution in [3.05, 3.63) is 32.5 Å². The molecule has 0 radical (unpaired) electrons. The van der Waals surface area contributed by atoms with Gasteiger partial charge in [-0.25, -0.2) is 4.98 Å². The Morgan fingerprint density at radius 3 is 2.78 bits per heavy atom. The minimum Gasteiger partial charge on any atom is -0.369 e. The quantitative estimate of drug-likeness (QED) is 0.889. The highest BCUT2D eigenvalue weighted by Crippen LogP contribution is 2.29. The molecule has 0 unspecified atom stereocenters. The SMILES string of the molecule is NC(=O)Cc1csc(NC(=O)c2cc3c(s2)CCCCCC3)n1. The second kappa shape index (κ2) is 7.23. The van der Waals surface area contributed by atoms with Gasteiger partial charge in [-0.15, -0.1) is 22.7 Å². The number of hydrogen-bond donors (Lipinski definition) is 2. The molecule has 0 aromatic carbocycles. The topological polar surface area (TPSA) is 85.1 Å². The van der Waals surface area contributed by atoms with Gasteiger partial charge >= 0.3 is 0 Å². The molecule has 1 aliphatic rings. The molecule has 2 aromatic rings. The molecule has 3 N–H and O–H groups in total. The van der Waals surface area contributed by atoms with Gasteiger partial charge in [-0.2, -0.15) is 0 Å². The zero-order valence-electron chi connectivity index (χ0n) is 12.8. The Balaban J connectivity index is 1.69. The van der Waals surface area contributed by atoms with Gasteiger partial charge in [0.25, 0.3) is 5.91 Å². The van der Waals surface area contributed by atoms with E-state index >= 15 is 0 Å². The van der Waals surface area contributed by atoms with Gasteiger partial charge in [0.05, 0.1) is 17.0 Å². The maximum atomic E-state index is 12.4. The molecule has 1 aliphatic carbocycles. The van der Waals surface area contributed by atoms with Crippen LogP contribution in [0.25, 0.3) is 0 Å². The van der Waals surface area contributed by atoms with Gasteiger partial charge in [-0.3, -0.25) is 14.9 Å². The lowest BCUT2D eigenvalue weighted by atomic mass is 10.00. The standard InChI is InChI=1S/C16H19N3O2S2/c17-14(20)8-11-9-22-16(18-11)19-15(21)13-7-10-5-3-1-2-4-6-12(10)23-13/h7,9H,1-6,8H2,(H2,17,20)(H,18,19,21). The lowest BCUT2D eigenvalue weighted by molar-refractivity contribution is -0.117. The van der Waals surface area contributed by atoms with Gasteiger partial charge in [0.2, 0.25) is 5.91 Å². The van der Waals surface area contributed by atoms with E-state index in [9.17, 15) is 9.59 Å². The Hall–Kier alpha value is -1.73. The Morgan fingerprint density at radius 1 is 1.22 bits per heavy atom. The number of thiophene rings is 1. The van der Waals surface area contributed by atoms with Crippen molar-refractivity contribution in [2.45, 2.75) is 44.9 Å². The number of nitrogens with one attached hydrogen (secondary N) is 1. The molecule has 122 valence electrons. The van der Waals surface area contributed by atoms with Gasteiger partial charge in [0.15, 0.2) is 5.13 Å². The predicted molar refractivity (Wildman–Crippen MR) is 93.2 cm³/mol.